The Kier molecular flexibility index (Phi) is 6.55. The smallest absolute Gasteiger partial charge is 0.226 e. The molecule has 0 aliphatic carbocycles. The minimum Gasteiger partial charge on any atom is -0.349 e. The number of carbonyl (C=O) groups is 2. The lowest BCUT2D eigenvalue weighted by Crippen LogP contribution is -2.23. The molecular weight excluding hydrogens is 300 g/mol. The number of hydrogen-bond donors (Lipinski definition) is 1. The third kappa shape index (κ3) is 5.88. The van der Waals surface area contributed by atoms with Gasteiger partial charge in [-0.05, 0) is 36.1 Å². The van der Waals surface area contributed by atoms with Gasteiger partial charge in [-0.15, -0.1) is 0 Å². The van der Waals surface area contributed by atoms with Gasteiger partial charge in [0.1, 0.15) is 0 Å². The van der Waals surface area contributed by atoms with E-state index in [1.165, 1.54) is 5.56 Å². The van der Waals surface area contributed by atoms with Gasteiger partial charge in [0.15, 0.2) is 0 Å². The standard InChI is InChI=1S/C20H24N2O2/c1-22(2)20(24)15-17-11-13-18(14-12-17)21-19(23)10-6-9-16-7-4-3-5-8-16/h3-5,7-8,11-14H,6,9-10,15H2,1-2H3,(H,21,23). The van der Waals surface area contributed by atoms with Crippen LogP contribution in [0.2, 0.25) is 0 Å². The fraction of sp³-hybridized carbons (Fsp3) is 0.300. The molecule has 0 aliphatic rings. The number of nitrogens with one attached hydrogen (secondary N) is 1. The molecule has 2 rings (SSSR count). The van der Waals surface area contributed by atoms with Crippen molar-refractivity contribution in [2.45, 2.75) is 25.7 Å². The van der Waals surface area contributed by atoms with Crippen LogP contribution in [0, 0.1) is 0 Å². The normalized spacial score (nSPS) is 10.2. The topological polar surface area (TPSA) is 49.4 Å². The van der Waals surface area contributed by atoms with Crippen molar-refractivity contribution in [3.05, 3.63) is 65.7 Å². The van der Waals surface area contributed by atoms with Crippen LogP contribution in [0.15, 0.2) is 54.6 Å². The molecule has 0 spiro atoms. The molecule has 0 radical (unpaired) electrons. The van der Waals surface area contributed by atoms with Crippen molar-refractivity contribution >= 4 is 17.5 Å². The summed E-state index contributed by atoms with van der Waals surface area (Å²) in [5, 5.41) is 2.90. The second-order valence-electron chi connectivity index (χ2n) is 6.05. The third-order valence-corrected chi connectivity index (χ3v) is 3.80. The zero-order valence-electron chi connectivity index (χ0n) is 14.3. The van der Waals surface area contributed by atoms with Gasteiger partial charge in [-0.3, -0.25) is 9.59 Å². The molecule has 24 heavy (non-hydrogen) atoms. The van der Waals surface area contributed by atoms with Crippen LogP contribution >= 0.6 is 0 Å². The van der Waals surface area contributed by atoms with Crippen molar-refractivity contribution in [3.63, 3.8) is 0 Å². The van der Waals surface area contributed by atoms with Crippen molar-refractivity contribution in [2.75, 3.05) is 19.4 Å². The first-order valence-corrected chi connectivity index (χ1v) is 8.17. The highest BCUT2D eigenvalue weighted by Crippen LogP contribution is 2.12. The lowest BCUT2D eigenvalue weighted by molar-refractivity contribution is -0.128. The number of benzene rings is 2. The van der Waals surface area contributed by atoms with Crippen LogP contribution in [0.4, 0.5) is 5.69 Å². The largest absolute Gasteiger partial charge is 0.349 e. The summed E-state index contributed by atoms with van der Waals surface area (Å²) >= 11 is 0. The van der Waals surface area contributed by atoms with E-state index < -0.39 is 0 Å². The minimum atomic E-state index is 0.0167. The van der Waals surface area contributed by atoms with Crippen molar-refractivity contribution in [2.24, 2.45) is 0 Å². The fourth-order valence-electron chi connectivity index (χ4n) is 2.36. The van der Waals surface area contributed by atoms with E-state index in [1.54, 1.807) is 19.0 Å². The monoisotopic (exact) mass is 324 g/mol. The van der Waals surface area contributed by atoms with E-state index in [2.05, 4.69) is 17.4 Å². The molecule has 4 heteroatoms. The molecular formula is C20H24N2O2. The molecule has 1 N–H and O–H groups in total. The van der Waals surface area contributed by atoms with Crippen LogP contribution in [0.5, 0.6) is 0 Å². The van der Waals surface area contributed by atoms with Crippen LogP contribution in [0.3, 0.4) is 0 Å². The molecule has 2 amide bonds. The molecule has 0 bridgehead atoms. The zero-order valence-corrected chi connectivity index (χ0v) is 14.3. The van der Waals surface area contributed by atoms with Crippen molar-refractivity contribution < 1.29 is 9.59 Å². The highest BCUT2D eigenvalue weighted by molar-refractivity contribution is 5.90. The van der Waals surface area contributed by atoms with Crippen LogP contribution < -0.4 is 5.32 Å². The fourth-order valence-corrected chi connectivity index (χ4v) is 2.36. The Bertz CT molecular complexity index is 664. The van der Waals surface area contributed by atoms with Gasteiger partial charge in [0.2, 0.25) is 11.8 Å². The van der Waals surface area contributed by atoms with Gasteiger partial charge in [0, 0.05) is 26.2 Å². The number of rotatable bonds is 7. The second-order valence-corrected chi connectivity index (χ2v) is 6.05. The van der Waals surface area contributed by atoms with E-state index >= 15 is 0 Å². The third-order valence-electron chi connectivity index (χ3n) is 3.80. The average Bonchev–Trinajstić information content (AvgIpc) is 2.57. The summed E-state index contributed by atoms with van der Waals surface area (Å²) < 4.78 is 0. The molecule has 0 fully saturated rings. The molecule has 0 aromatic heterocycles. The van der Waals surface area contributed by atoms with Gasteiger partial charge in [0.05, 0.1) is 6.42 Å². The number of nitrogens with zero attached hydrogens (tertiary/aromatic N) is 1. The molecule has 0 unspecified atom stereocenters. The van der Waals surface area contributed by atoms with Crippen LogP contribution in [0.25, 0.3) is 0 Å². The van der Waals surface area contributed by atoms with E-state index in [1.807, 2.05) is 42.5 Å². The van der Waals surface area contributed by atoms with Gasteiger partial charge in [-0.2, -0.15) is 0 Å². The molecule has 0 atom stereocenters. The maximum atomic E-state index is 12.0. The Hall–Kier alpha value is -2.62. The van der Waals surface area contributed by atoms with Crippen molar-refractivity contribution in [1.29, 1.82) is 0 Å². The zero-order chi connectivity index (χ0) is 17.4. The first-order valence-electron chi connectivity index (χ1n) is 8.17. The number of hydrogen-bond acceptors (Lipinski definition) is 2. The summed E-state index contributed by atoms with van der Waals surface area (Å²) in [6, 6.07) is 17.6. The first kappa shape index (κ1) is 17.7. The van der Waals surface area contributed by atoms with Crippen LogP contribution in [-0.2, 0) is 22.4 Å². The van der Waals surface area contributed by atoms with E-state index in [4.69, 9.17) is 0 Å². The molecule has 2 aromatic carbocycles. The molecule has 0 saturated heterocycles. The predicted octanol–water partition coefficient (Wildman–Crippen LogP) is 3.28. The number of amides is 2. The lowest BCUT2D eigenvalue weighted by atomic mass is 10.1. The Morgan fingerprint density at radius 2 is 1.58 bits per heavy atom. The highest BCUT2D eigenvalue weighted by Gasteiger charge is 2.06. The van der Waals surface area contributed by atoms with E-state index in [0.717, 1.165) is 24.1 Å². The Labute approximate surface area is 143 Å². The SMILES string of the molecule is CN(C)C(=O)Cc1ccc(NC(=O)CCCc2ccccc2)cc1. The Morgan fingerprint density at radius 1 is 0.917 bits per heavy atom. The highest BCUT2D eigenvalue weighted by atomic mass is 16.2. The summed E-state index contributed by atoms with van der Waals surface area (Å²) in [7, 11) is 3.48. The van der Waals surface area contributed by atoms with Gasteiger partial charge in [0.25, 0.3) is 0 Å². The number of likely N-dealkylation sites (N-methyl/N-ethyl adjacent to an activating group) is 1. The maximum Gasteiger partial charge on any atom is 0.226 e. The number of aryl methyl sites for hydroxylation is 1. The average molecular weight is 324 g/mol. The molecule has 0 aliphatic heterocycles. The molecule has 126 valence electrons. The van der Waals surface area contributed by atoms with E-state index in [-0.39, 0.29) is 11.8 Å². The lowest BCUT2D eigenvalue weighted by Gasteiger charge is -2.10. The van der Waals surface area contributed by atoms with Gasteiger partial charge in [-0.1, -0.05) is 42.5 Å². The molecule has 4 nitrogen and oxygen atoms in total. The van der Waals surface area contributed by atoms with Crippen molar-refractivity contribution in [3.8, 4) is 0 Å². The summed E-state index contributed by atoms with van der Waals surface area (Å²) in [5.74, 6) is 0.0794. The Morgan fingerprint density at radius 3 is 2.21 bits per heavy atom. The predicted molar refractivity (Wildman–Crippen MR) is 96.8 cm³/mol. The maximum absolute atomic E-state index is 12.0. The molecule has 0 heterocycles. The summed E-state index contributed by atoms with van der Waals surface area (Å²) in [6.45, 7) is 0. The first-order chi connectivity index (χ1) is 11.5. The molecule has 2 aromatic rings. The van der Waals surface area contributed by atoms with Crippen LogP contribution in [0.1, 0.15) is 24.0 Å². The van der Waals surface area contributed by atoms with E-state index in [0.29, 0.717) is 12.8 Å². The summed E-state index contributed by atoms with van der Waals surface area (Å²) in [6.07, 6.45) is 2.60. The van der Waals surface area contributed by atoms with Gasteiger partial charge in [-0.25, -0.2) is 0 Å². The van der Waals surface area contributed by atoms with Crippen molar-refractivity contribution in [1.82, 2.24) is 4.90 Å². The summed E-state index contributed by atoms with van der Waals surface area (Å²) in [4.78, 5) is 25.2. The molecule has 0 saturated carbocycles. The number of carbonyl (C=O) groups excluding carboxylic acids is 2. The number of anilines is 1. The van der Waals surface area contributed by atoms with E-state index in [9.17, 15) is 9.59 Å². The summed E-state index contributed by atoms with van der Waals surface area (Å²) in [5.41, 5.74) is 2.96. The second kappa shape index (κ2) is 8.87. The Balaban J connectivity index is 1.76. The van der Waals surface area contributed by atoms with Gasteiger partial charge >= 0.3 is 0 Å². The quantitative estimate of drug-likeness (QED) is 0.850. The van der Waals surface area contributed by atoms with Crippen LogP contribution in [-0.4, -0.2) is 30.8 Å². The minimum absolute atomic E-state index is 0.0167. The van der Waals surface area contributed by atoms with Gasteiger partial charge < -0.3 is 10.2 Å².